The molecule has 0 aliphatic carbocycles. The van der Waals surface area contributed by atoms with Gasteiger partial charge in [-0.3, -0.25) is 9.48 Å². The van der Waals surface area contributed by atoms with E-state index in [0.29, 0.717) is 11.5 Å². The molecule has 9 heteroatoms. The molecule has 0 spiro atoms. The Morgan fingerprint density at radius 2 is 2.00 bits per heavy atom. The van der Waals surface area contributed by atoms with Gasteiger partial charge in [0, 0.05) is 44.7 Å². The van der Waals surface area contributed by atoms with Crippen LogP contribution in [0.4, 0.5) is 27.4 Å². The smallest absolute Gasteiger partial charge is 0.253 e. The monoisotopic (exact) mass is 411 g/mol. The van der Waals surface area contributed by atoms with Crippen LogP contribution in [0.3, 0.4) is 0 Å². The quantitative estimate of drug-likeness (QED) is 0.554. The van der Waals surface area contributed by atoms with Crippen LogP contribution in [-0.2, 0) is 13.6 Å². The van der Waals surface area contributed by atoms with Crippen LogP contribution < -0.4 is 16.0 Å². The van der Waals surface area contributed by atoms with Gasteiger partial charge < -0.3 is 20.9 Å². The van der Waals surface area contributed by atoms with E-state index < -0.39 is 5.82 Å². The lowest BCUT2D eigenvalue weighted by Crippen LogP contribution is -2.19. The first-order valence-electron chi connectivity index (χ1n) is 9.47. The van der Waals surface area contributed by atoms with E-state index in [9.17, 15) is 9.18 Å². The van der Waals surface area contributed by atoms with Gasteiger partial charge >= 0.3 is 0 Å². The number of hydrogen-bond acceptors (Lipinski definition) is 6. The van der Waals surface area contributed by atoms with Crippen molar-refractivity contribution in [3.63, 3.8) is 0 Å². The van der Waals surface area contributed by atoms with E-state index in [-0.39, 0.29) is 17.2 Å². The van der Waals surface area contributed by atoms with Crippen molar-refractivity contribution >= 4 is 28.9 Å². The minimum Gasteiger partial charge on any atom is -0.355 e. The summed E-state index contributed by atoms with van der Waals surface area (Å²) in [5.41, 5.74) is 2.72. The van der Waals surface area contributed by atoms with Crippen LogP contribution in [-0.4, -0.2) is 46.7 Å². The average Bonchev–Trinajstić information content (AvgIpc) is 3.03. The molecule has 0 atom stereocenters. The third kappa shape index (κ3) is 4.74. The van der Waals surface area contributed by atoms with Crippen molar-refractivity contribution in [1.29, 1.82) is 0 Å². The number of aryl methyl sites for hydroxylation is 2. The molecule has 3 aromatic rings. The number of nitrogens with zero attached hydrogens (tertiary/aromatic N) is 4. The predicted molar refractivity (Wildman–Crippen MR) is 116 cm³/mol. The Kier molecular flexibility index (Phi) is 6.31. The molecule has 158 valence electrons. The van der Waals surface area contributed by atoms with Crippen molar-refractivity contribution in [2.24, 2.45) is 7.05 Å². The van der Waals surface area contributed by atoms with Crippen LogP contribution >= 0.6 is 0 Å². The highest BCUT2D eigenvalue weighted by molar-refractivity contribution is 6.00. The summed E-state index contributed by atoms with van der Waals surface area (Å²) in [6.45, 7) is 2.58. The van der Waals surface area contributed by atoms with Gasteiger partial charge in [-0.15, -0.1) is 0 Å². The Labute approximate surface area is 175 Å². The molecule has 2 aromatic heterocycles. The first-order chi connectivity index (χ1) is 14.3. The molecule has 8 nitrogen and oxygen atoms in total. The van der Waals surface area contributed by atoms with Crippen molar-refractivity contribution in [2.75, 3.05) is 31.8 Å². The lowest BCUT2D eigenvalue weighted by Gasteiger charge is -2.15. The minimum atomic E-state index is -0.512. The van der Waals surface area contributed by atoms with Crippen LogP contribution in [0.25, 0.3) is 0 Å². The second-order valence-corrected chi connectivity index (χ2v) is 7.26. The Morgan fingerprint density at radius 1 is 1.23 bits per heavy atom. The lowest BCUT2D eigenvalue weighted by atomic mass is 10.1. The highest BCUT2D eigenvalue weighted by Crippen LogP contribution is 2.28. The van der Waals surface area contributed by atoms with E-state index >= 15 is 0 Å². The normalized spacial score (nSPS) is 10.9. The minimum absolute atomic E-state index is 0.117. The summed E-state index contributed by atoms with van der Waals surface area (Å²) in [5, 5.41) is 13.3. The van der Waals surface area contributed by atoms with Crippen LogP contribution in [0.2, 0.25) is 0 Å². The number of benzene rings is 1. The first kappa shape index (κ1) is 21.3. The summed E-state index contributed by atoms with van der Waals surface area (Å²) < 4.78 is 16.2. The highest BCUT2D eigenvalue weighted by atomic mass is 19.1. The number of carbonyl (C=O) groups excluding carboxylic acids is 1. The standard InChI is InChI=1S/C21H26FN7O/c1-13-11-24-18(26-19-9-14(12-28(3)4)27-29(19)5)10-17(13)25-20-15(21(30)23-2)7-6-8-16(20)22/h6-11H,12H2,1-5H3,(H,23,30)(H2,24,25,26). The number of aromatic nitrogens is 3. The van der Waals surface area contributed by atoms with E-state index in [2.05, 4.69) is 26.0 Å². The number of anilines is 4. The Morgan fingerprint density at radius 3 is 2.70 bits per heavy atom. The SMILES string of the molecule is CNC(=O)c1cccc(F)c1Nc1cc(Nc2cc(CN(C)C)nn2C)ncc1C. The fourth-order valence-electron chi connectivity index (χ4n) is 3.01. The molecule has 2 heterocycles. The van der Waals surface area contributed by atoms with Gasteiger partial charge in [0.05, 0.1) is 16.9 Å². The van der Waals surface area contributed by atoms with E-state index in [4.69, 9.17) is 0 Å². The van der Waals surface area contributed by atoms with E-state index in [0.717, 1.165) is 23.6 Å². The summed E-state index contributed by atoms with van der Waals surface area (Å²) in [4.78, 5) is 18.6. The zero-order valence-electron chi connectivity index (χ0n) is 17.7. The zero-order chi connectivity index (χ0) is 21.8. The lowest BCUT2D eigenvalue weighted by molar-refractivity contribution is 0.0963. The maximum atomic E-state index is 14.5. The van der Waals surface area contributed by atoms with Crippen LogP contribution in [0.1, 0.15) is 21.6 Å². The van der Waals surface area contributed by atoms with E-state index in [1.54, 1.807) is 23.0 Å². The summed E-state index contributed by atoms with van der Waals surface area (Å²) in [7, 11) is 7.33. The third-order valence-corrected chi connectivity index (χ3v) is 4.51. The molecule has 0 unspecified atom stereocenters. The van der Waals surface area contributed by atoms with Crippen LogP contribution in [0.15, 0.2) is 36.5 Å². The average molecular weight is 411 g/mol. The van der Waals surface area contributed by atoms with Gasteiger partial charge in [0.15, 0.2) is 0 Å². The van der Waals surface area contributed by atoms with Crippen molar-refractivity contribution in [1.82, 2.24) is 25.0 Å². The maximum absolute atomic E-state index is 14.5. The number of para-hydroxylation sites is 1. The number of hydrogen-bond donors (Lipinski definition) is 3. The molecule has 3 N–H and O–H groups in total. The predicted octanol–water partition coefficient (Wildman–Crippen LogP) is 3.17. The van der Waals surface area contributed by atoms with Gasteiger partial charge in [0.1, 0.15) is 17.5 Å². The van der Waals surface area contributed by atoms with Crippen LogP contribution in [0, 0.1) is 12.7 Å². The molecular weight excluding hydrogens is 385 g/mol. The molecule has 1 amide bonds. The Hall–Kier alpha value is -3.46. The largest absolute Gasteiger partial charge is 0.355 e. The molecule has 0 aliphatic heterocycles. The molecule has 0 aliphatic rings. The molecular formula is C21H26FN7O. The molecule has 0 saturated carbocycles. The number of amides is 1. The molecule has 0 radical (unpaired) electrons. The highest BCUT2D eigenvalue weighted by Gasteiger charge is 2.16. The van der Waals surface area contributed by atoms with Gasteiger partial charge in [-0.05, 0) is 38.7 Å². The summed E-state index contributed by atoms with van der Waals surface area (Å²) >= 11 is 0. The Balaban J connectivity index is 1.89. The van der Waals surface area contributed by atoms with Gasteiger partial charge in [-0.25, -0.2) is 9.37 Å². The summed E-state index contributed by atoms with van der Waals surface area (Å²) in [5.74, 6) is 0.471. The molecule has 0 fully saturated rings. The van der Waals surface area contributed by atoms with Crippen molar-refractivity contribution in [2.45, 2.75) is 13.5 Å². The van der Waals surface area contributed by atoms with Gasteiger partial charge in [0.2, 0.25) is 0 Å². The topological polar surface area (TPSA) is 87.1 Å². The van der Waals surface area contributed by atoms with Crippen LogP contribution in [0.5, 0.6) is 0 Å². The van der Waals surface area contributed by atoms with Crippen molar-refractivity contribution < 1.29 is 9.18 Å². The molecule has 1 aromatic carbocycles. The van der Waals surface area contributed by atoms with Gasteiger partial charge in [-0.2, -0.15) is 5.10 Å². The summed E-state index contributed by atoms with van der Waals surface area (Å²) in [6, 6.07) is 8.11. The van der Waals surface area contributed by atoms with E-state index in [1.165, 1.54) is 19.2 Å². The Bertz CT molecular complexity index is 1060. The molecule has 0 saturated heterocycles. The van der Waals surface area contributed by atoms with Crippen molar-refractivity contribution in [3.8, 4) is 0 Å². The maximum Gasteiger partial charge on any atom is 0.253 e. The second kappa shape index (κ2) is 8.91. The van der Waals surface area contributed by atoms with Gasteiger partial charge in [0.25, 0.3) is 5.91 Å². The van der Waals surface area contributed by atoms with Gasteiger partial charge in [-0.1, -0.05) is 6.07 Å². The van der Waals surface area contributed by atoms with Crippen molar-refractivity contribution in [3.05, 3.63) is 59.2 Å². The second-order valence-electron chi connectivity index (χ2n) is 7.26. The molecule has 0 bridgehead atoms. The fourth-order valence-corrected chi connectivity index (χ4v) is 3.01. The number of halogens is 1. The van der Waals surface area contributed by atoms with E-state index in [1.807, 2.05) is 39.0 Å². The zero-order valence-corrected chi connectivity index (χ0v) is 17.7. The molecule has 30 heavy (non-hydrogen) atoms. The fraction of sp³-hybridized carbons (Fsp3) is 0.286. The number of nitrogens with one attached hydrogen (secondary N) is 3. The first-order valence-corrected chi connectivity index (χ1v) is 9.47. The number of pyridine rings is 1. The number of rotatable bonds is 7. The summed E-state index contributed by atoms with van der Waals surface area (Å²) in [6.07, 6.45) is 1.68. The molecule has 3 rings (SSSR count). The number of carbonyl (C=O) groups is 1. The third-order valence-electron chi connectivity index (χ3n) is 4.51.